The second-order valence-electron chi connectivity index (χ2n) is 16.6. The van der Waals surface area contributed by atoms with E-state index < -0.39 is 0 Å². The molecule has 0 aliphatic heterocycles. The molecule has 0 radical (unpaired) electrons. The molecule has 0 amide bonds. The van der Waals surface area contributed by atoms with Gasteiger partial charge in [0, 0.05) is 49.4 Å². The summed E-state index contributed by atoms with van der Waals surface area (Å²) >= 11 is 0. The van der Waals surface area contributed by atoms with Crippen LogP contribution in [0.3, 0.4) is 0 Å². The van der Waals surface area contributed by atoms with Crippen LogP contribution in [0.4, 0.5) is 0 Å². The largest absolute Gasteiger partial charge is 0.455 e. The average molecular weight is 706 g/mol. The molecule has 3 aromatic heterocycles. The molecule has 0 aliphatic carbocycles. The van der Waals surface area contributed by atoms with Gasteiger partial charge in [0.25, 0.3) is 0 Å². The Morgan fingerprint density at radius 2 is 0.981 bits per heavy atom. The second-order valence-corrected chi connectivity index (χ2v) is 16.6. The third-order valence-corrected chi connectivity index (χ3v) is 10.5. The van der Waals surface area contributed by atoms with Crippen LogP contribution in [0.1, 0.15) is 63.8 Å². The van der Waals surface area contributed by atoms with Crippen molar-refractivity contribution in [2.24, 2.45) is 0 Å². The van der Waals surface area contributed by atoms with E-state index >= 15 is 0 Å². The molecule has 0 N–H and O–H groups in total. The van der Waals surface area contributed by atoms with Gasteiger partial charge in [0.2, 0.25) is 0 Å². The summed E-state index contributed by atoms with van der Waals surface area (Å²) in [4.78, 5) is 15.8. The van der Waals surface area contributed by atoms with Crippen molar-refractivity contribution in [2.45, 2.75) is 66.2 Å². The molecular weight excluding hydrogens is 663 g/mol. The molecule has 0 saturated carbocycles. The highest BCUT2D eigenvalue weighted by Crippen LogP contribution is 2.46. The van der Waals surface area contributed by atoms with E-state index in [0.29, 0.717) is 17.5 Å². The normalized spacial score (nSPS) is 12.4. The number of hydrogen-bond donors (Lipinski definition) is 0. The van der Waals surface area contributed by atoms with Gasteiger partial charge in [-0.15, -0.1) is 0 Å². The fraction of sp³-hybridized carbons (Fsp3) is 0.204. The number of nitrogens with zero attached hydrogens (tertiary/aromatic N) is 3. The maximum atomic E-state index is 7.02. The van der Waals surface area contributed by atoms with E-state index in [9.17, 15) is 0 Å². The Kier molecular flexibility index (Phi) is 7.65. The van der Waals surface area contributed by atoms with Crippen molar-refractivity contribution in [2.75, 3.05) is 0 Å². The van der Waals surface area contributed by atoms with E-state index in [1.165, 1.54) is 11.1 Å². The van der Waals surface area contributed by atoms with E-state index in [1.54, 1.807) is 0 Å². The SMILES string of the molecule is Cc1cc(C(C)(C)C)c2oc3c(C(C)(C)C)cc(C)c(-c4nc(-c5ccccc5)nc(-c5cccc6c5oc5c(-c7ccccc7)cccc56)n4)c3c2c1. The van der Waals surface area contributed by atoms with Gasteiger partial charge in [0.05, 0.1) is 5.56 Å². The summed E-state index contributed by atoms with van der Waals surface area (Å²) < 4.78 is 13.9. The van der Waals surface area contributed by atoms with Crippen LogP contribution in [0.15, 0.2) is 124 Å². The predicted octanol–water partition coefficient (Wildman–Crippen LogP) is 13.6. The molecule has 5 heteroatoms. The molecule has 54 heavy (non-hydrogen) atoms. The first-order chi connectivity index (χ1) is 25.9. The molecule has 0 bridgehead atoms. The van der Waals surface area contributed by atoms with Gasteiger partial charge < -0.3 is 8.83 Å². The summed E-state index contributed by atoms with van der Waals surface area (Å²) in [5.74, 6) is 1.75. The highest BCUT2D eigenvalue weighted by molar-refractivity contribution is 6.15. The fourth-order valence-electron chi connectivity index (χ4n) is 7.90. The summed E-state index contributed by atoms with van der Waals surface area (Å²) in [7, 11) is 0. The molecular formula is C49H43N3O2. The third-order valence-electron chi connectivity index (χ3n) is 10.5. The molecule has 0 spiro atoms. The number of benzene rings is 6. The van der Waals surface area contributed by atoms with E-state index in [2.05, 4.69) is 134 Å². The maximum Gasteiger partial charge on any atom is 0.167 e. The van der Waals surface area contributed by atoms with Gasteiger partial charge in [0.15, 0.2) is 17.5 Å². The summed E-state index contributed by atoms with van der Waals surface area (Å²) in [6, 6.07) is 39.9. The zero-order valence-corrected chi connectivity index (χ0v) is 32.1. The molecule has 0 aliphatic rings. The van der Waals surface area contributed by atoms with Gasteiger partial charge in [0.1, 0.15) is 22.3 Å². The molecule has 5 nitrogen and oxygen atoms in total. The Morgan fingerprint density at radius 3 is 1.63 bits per heavy atom. The number of aryl methyl sites for hydroxylation is 2. The van der Waals surface area contributed by atoms with E-state index in [4.69, 9.17) is 23.8 Å². The topological polar surface area (TPSA) is 65.0 Å². The van der Waals surface area contributed by atoms with Gasteiger partial charge in [-0.3, -0.25) is 0 Å². The maximum absolute atomic E-state index is 7.02. The molecule has 3 heterocycles. The zero-order valence-electron chi connectivity index (χ0n) is 32.1. The van der Waals surface area contributed by atoms with Crippen LogP contribution in [0.5, 0.6) is 0 Å². The lowest BCUT2D eigenvalue weighted by Gasteiger charge is -2.21. The van der Waals surface area contributed by atoms with Crippen LogP contribution in [-0.2, 0) is 10.8 Å². The van der Waals surface area contributed by atoms with Crippen molar-refractivity contribution in [3.8, 4) is 45.3 Å². The average Bonchev–Trinajstić information content (AvgIpc) is 3.73. The minimum Gasteiger partial charge on any atom is -0.455 e. The molecule has 0 atom stereocenters. The lowest BCUT2D eigenvalue weighted by Crippen LogP contribution is -2.12. The first-order valence-electron chi connectivity index (χ1n) is 18.7. The van der Waals surface area contributed by atoms with Gasteiger partial charge >= 0.3 is 0 Å². The Bertz CT molecular complexity index is 2900. The van der Waals surface area contributed by atoms with Crippen LogP contribution in [0.25, 0.3) is 89.2 Å². The van der Waals surface area contributed by atoms with Crippen molar-refractivity contribution < 1.29 is 8.83 Å². The summed E-state index contributed by atoms with van der Waals surface area (Å²) in [5, 5.41) is 4.18. The molecule has 0 fully saturated rings. The van der Waals surface area contributed by atoms with Gasteiger partial charge in [-0.1, -0.05) is 145 Å². The van der Waals surface area contributed by atoms with Crippen molar-refractivity contribution >= 4 is 43.9 Å². The number of aromatic nitrogens is 3. The first-order valence-corrected chi connectivity index (χ1v) is 18.7. The van der Waals surface area contributed by atoms with Gasteiger partial charge in [-0.2, -0.15) is 0 Å². The number of fused-ring (bicyclic) bond motifs is 6. The Labute approximate surface area is 315 Å². The minimum atomic E-state index is -0.165. The van der Waals surface area contributed by atoms with Crippen molar-refractivity contribution in [1.29, 1.82) is 0 Å². The van der Waals surface area contributed by atoms with Crippen molar-refractivity contribution in [3.05, 3.63) is 138 Å². The molecule has 0 saturated heterocycles. The van der Waals surface area contributed by atoms with Crippen LogP contribution in [0, 0.1) is 13.8 Å². The lowest BCUT2D eigenvalue weighted by molar-refractivity contribution is 0.556. The van der Waals surface area contributed by atoms with Crippen LogP contribution < -0.4 is 0 Å². The smallest absolute Gasteiger partial charge is 0.167 e. The van der Waals surface area contributed by atoms with Crippen LogP contribution in [-0.4, -0.2) is 15.0 Å². The molecule has 9 rings (SSSR count). The standard InChI is InChI=1S/C49H43N3O2/c1-28-25-36-40-39(29(2)27-38(49(6,7)8)44(40)54-43(36)37(26-28)48(3,4)5)47-51-45(31-19-13-10-14-20-31)50-46(52-47)35-24-16-23-34-33-22-15-21-32(41(33)53-42(34)35)30-17-11-9-12-18-30/h9-27H,1-8H3. The number of furan rings is 2. The molecule has 0 unspecified atom stereocenters. The number of para-hydroxylation sites is 2. The van der Waals surface area contributed by atoms with E-state index in [1.807, 2.05) is 36.4 Å². The van der Waals surface area contributed by atoms with Crippen LogP contribution in [0.2, 0.25) is 0 Å². The first kappa shape index (κ1) is 33.7. The quantitative estimate of drug-likeness (QED) is 0.182. The fourth-order valence-corrected chi connectivity index (χ4v) is 7.90. The van der Waals surface area contributed by atoms with E-state index in [0.717, 1.165) is 82.8 Å². The van der Waals surface area contributed by atoms with Crippen LogP contribution >= 0.6 is 0 Å². The number of hydrogen-bond acceptors (Lipinski definition) is 5. The van der Waals surface area contributed by atoms with E-state index in [-0.39, 0.29) is 10.8 Å². The lowest BCUT2D eigenvalue weighted by atomic mass is 9.82. The highest BCUT2D eigenvalue weighted by Gasteiger charge is 2.30. The van der Waals surface area contributed by atoms with Crippen molar-refractivity contribution in [1.82, 2.24) is 15.0 Å². The zero-order chi connectivity index (χ0) is 37.5. The minimum absolute atomic E-state index is 0.123. The highest BCUT2D eigenvalue weighted by atomic mass is 16.3. The van der Waals surface area contributed by atoms with Gasteiger partial charge in [-0.05, 0) is 53.5 Å². The summed E-state index contributed by atoms with van der Waals surface area (Å²) in [5.41, 5.74) is 12.5. The Balaban J connectivity index is 1.37. The summed E-state index contributed by atoms with van der Waals surface area (Å²) in [6.07, 6.45) is 0. The van der Waals surface area contributed by atoms with Gasteiger partial charge in [-0.25, -0.2) is 15.0 Å². The molecule has 6 aromatic carbocycles. The summed E-state index contributed by atoms with van der Waals surface area (Å²) in [6.45, 7) is 17.8. The molecule has 266 valence electrons. The Hall–Kier alpha value is -6.07. The number of rotatable bonds is 4. The monoisotopic (exact) mass is 705 g/mol. The molecule has 9 aromatic rings. The Morgan fingerprint density at radius 1 is 0.444 bits per heavy atom. The van der Waals surface area contributed by atoms with Crippen molar-refractivity contribution in [3.63, 3.8) is 0 Å². The predicted molar refractivity (Wildman–Crippen MR) is 223 cm³/mol. The second kappa shape index (κ2) is 12.2. The third kappa shape index (κ3) is 5.49.